The molecule has 2 rings (SSSR count). The molecule has 1 saturated carbocycles. The average Bonchev–Trinajstić information content (AvgIpc) is 2.52. The van der Waals surface area contributed by atoms with Gasteiger partial charge in [0.2, 0.25) is 0 Å². The van der Waals surface area contributed by atoms with E-state index >= 15 is 0 Å². The van der Waals surface area contributed by atoms with Crippen LogP contribution < -0.4 is 5.32 Å². The number of aliphatic hydroxyl groups is 1. The topological polar surface area (TPSA) is 65.5 Å². The molecule has 2 N–H and O–H groups in total. The molecule has 0 spiro atoms. The van der Waals surface area contributed by atoms with Crippen LogP contribution in [-0.4, -0.2) is 47.1 Å². The summed E-state index contributed by atoms with van der Waals surface area (Å²) >= 11 is 6.10. The number of halogens is 1. The monoisotopic (exact) mass is 311 g/mol. The molecule has 1 aromatic rings. The van der Waals surface area contributed by atoms with E-state index in [4.69, 9.17) is 11.6 Å². The Hall–Kier alpha value is -1.33. The van der Waals surface area contributed by atoms with Crippen molar-refractivity contribution in [2.45, 2.75) is 38.1 Å². The normalized spacial score (nSPS) is 15.8. The number of nitrogens with one attached hydrogen (secondary N) is 1. The molecular weight excluding hydrogens is 290 g/mol. The SMILES string of the molecule is CNc1ncc(C(=O)N(CCO)C2CCCCC2)cc1Cl. The molecule has 0 aromatic carbocycles. The van der Waals surface area contributed by atoms with Crippen molar-refractivity contribution in [2.75, 3.05) is 25.5 Å². The maximum absolute atomic E-state index is 12.7. The number of aromatic nitrogens is 1. The third kappa shape index (κ3) is 3.86. The van der Waals surface area contributed by atoms with E-state index in [-0.39, 0.29) is 18.6 Å². The molecule has 1 aliphatic carbocycles. The highest BCUT2D eigenvalue weighted by Gasteiger charge is 2.26. The number of aliphatic hydroxyl groups excluding tert-OH is 1. The van der Waals surface area contributed by atoms with Gasteiger partial charge < -0.3 is 15.3 Å². The Kier molecular flexibility index (Phi) is 5.82. The molecule has 0 radical (unpaired) electrons. The Morgan fingerprint density at radius 3 is 2.76 bits per heavy atom. The third-order valence-corrected chi connectivity index (χ3v) is 4.23. The van der Waals surface area contributed by atoms with Gasteiger partial charge in [-0.15, -0.1) is 0 Å². The summed E-state index contributed by atoms with van der Waals surface area (Å²) in [6.45, 7) is 0.326. The van der Waals surface area contributed by atoms with E-state index in [2.05, 4.69) is 10.3 Å². The van der Waals surface area contributed by atoms with Crippen LogP contribution in [-0.2, 0) is 0 Å². The summed E-state index contributed by atoms with van der Waals surface area (Å²) in [5, 5.41) is 12.6. The van der Waals surface area contributed by atoms with Gasteiger partial charge >= 0.3 is 0 Å². The number of nitrogens with zero attached hydrogens (tertiary/aromatic N) is 2. The lowest BCUT2D eigenvalue weighted by atomic mass is 9.93. The summed E-state index contributed by atoms with van der Waals surface area (Å²) < 4.78 is 0. The van der Waals surface area contributed by atoms with Crippen molar-refractivity contribution in [1.82, 2.24) is 9.88 Å². The second kappa shape index (κ2) is 7.61. The van der Waals surface area contributed by atoms with Crippen LogP contribution in [0.15, 0.2) is 12.3 Å². The molecule has 21 heavy (non-hydrogen) atoms. The van der Waals surface area contributed by atoms with Crippen molar-refractivity contribution in [2.24, 2.45) is 0 Å². The van der Waals surface area contributed by atoms with Gasteiger partial charge in [-0.2, -0.15) is 0 Å². The zero-order chi connectivity index (χ0) is 15.2. The van der Waals surface area contributed by atoms with Crippen molar-refractivity contribution < 1.29 is 9.90 Å². The summed E-state index contributed by atoms with van der Waals surface area (Å²) in [5.41, 5.74) is 0.470. The van der Waals surface area contributed by atoms with Gasteiger partial charge in [0.15, 0.2) is 0 Å². The highest BCUT2D eigenvalue weighted by atomic mass is 35.5. The molecule has 1 heterocycles. The maximum Gasteiger partial charge on any atom is 0.255 e. The Bertz CT molecular complexity index is 490. The average molecular weight is 312 g/mol. The molecule has 0 aliphatic heterocycles. The van der Waals surface area contributed by atoms with E-state index in [1.165, 1.54) is 12.6 Å². The predicted octanol–water partition coefficient (Wildman–Crippen LogP) is 2.54. The van der Waals surface area contributed by atoms with E-state index in [0.29, 0.717) is 22.9 Å². The second-order valence-electron chi connectivity index (χ2n) is 5.32. The molecule has 1 fully saturated rings. The van der Waals surface area contributed by atoms with Gasteiger partial charge in [-0.25, -0.2) is 4.98 Å². The van der Waals surface area contributed by atoms with Crippen LogP contribution in [0.2, 0.25) is 5.02 Å². The van der Waals surface area contributed by atoms with Crippen molar-refractivity contribution >= 4 is 23.3 Å². The Balaban J connectivity index is 2.19. The molecular formula is C15H22ClN3O2. The third-order valence-electron chi connectivity index (χ3n) is 3.94. The van der Waals surface area contributed by atoms with E-state index in [0.717, 1.165) is 25.7 Å². The van der Waals surface area contributed by atoms with Crippen molar-refractivity contribution in [1.29, 1.82) is 0 Å². The van der Waals surface area contributed by atoms with Gasteiger partial charge in [0, 0.05) is 25.8 Å². The van der Waals surface area contributed by atoms with Gasteiger partial charge in [-0.3, -0.25) is 4.79 Å². The molecule has 6 heteroatoms. The van der Waals surface area contributed by atoms with Crippen LogP contribution in [0, 0.1) is 0 Å². The molecule has 5 nitrogen and oxygen atoms in total. The van der Waals surface area contributed by atoms with Crippen LogP contribution >= 0.6 is 11.6 Å². The number of hydrogen-bond acceptors (Lipinski definition) is 4. The molecule has 0 saturated heterocycles. The molecule has 0 bridgehead atoms. The first-order chi connectivity index (χ1) is 10.2. The van der Waals surface area contributed by atoms with E-state index in [1.54, 1.807) is 18.0 Å². The second-order valence-corrected chi connectivity index (χ2v) is 5.73. The fourth-order valence-corrected chi connectivity index (χ4v) is 3.12. The van der Waals surface area contributed by atoms with Gasteiger partial charge in [-0.1, -0.05) is 30.9 Å². The minimum atomic E-state index is -0.104. The largest absolute Gasteiger partial charge is 0.395 e. The molecule has 116 valence electrons. The number of pyridine rings is 1. The highest BCUT2D eigenvalue weighted by Crippen LogP contribution is 2.25. The highest BCUT2D eigenvalue weighted by molar-refractivity contribution is 6.33. The Morgan fingerprint density at radius 2 is 2.19 bits per heavy atom. The van der Waals surface area contributed by atoms with Crippen molar-refractivity contribution in [3.63, 3.8) is 0 Å². The first-order valence-electron chi connectivity index (χ1n) is 7.42. The summed E-state index contributed by atoms with van der Waals surface area (Å²) in [5.74, 6) is 0.451. The Morgan fingerprint density at radius 1 is 1.48 bits per heavy atom. The number of amides is 1. The lowest BCUT2D eigenvalue weighted by Gasteiger charge is -2.34. The quantitative estimate of drug-likeness (QED) is 0.877. The minimum Gasteiger partial charge on any atom is -0.395 e. The van der Waals surface area contributed by atoms with E-state index < -0.39 is 0 Å². The van der Waals surface area contributed by atoms with Gasteiger partial charge in [0.05, 0.1) is 17.2 Å². The van der Waals surface area contributed by atoms with Crippen LogP contribution in [0.3, 0.4) is 0 Å². The fraction of sp³-hybridized carbons (Fsp3) is 0.600. The zero-order valence-electron chi connectivity index (χ0n) is 12.3. The summed E-state index contributed by atoms with van der Waals surface area (Å²) in [6, 6.07) is 1.84. The smallest absolute Gasteiger partial charge is 0.255 e. The van der Waals surface area contributed by atoms with Gasteiger partial charge in [-0.05, 0) is 18.9 Å². The molecule has 1 amide bonds. The molecule has 0 atom stereocenters. The zero-order valence-corrected chi connectivity index (χ0v) is 13.1. The summed E-state index contributed by atoms with van der Waals surface area (Å²) in [7, 11) is 1.73. The Labute approximate surface area is 130 Å². The summed E-state index contributed by atoms with van der Waals surface area (Å²) in [4.78, 5) is 18.6. The van der Waals surface area contributed by atoms with E-state index in [1.807, 2.05) is 0 Å². The van der Waals surface area contributed by atoms with Crippen LogP contribution in [0.4, 0.5) is 5.82 Å². The van der Waals surface area contributed by atoms with Crippen molar-refractivity contribution in [3.8, 4) is 0 Å². The van der Waals surface area contributed by atoms with Crippen LogP contribution in [0.5, 0.6) is 0 Å². The lowest BCUT2D eigenvalue weighted by Crippen LogP contribution is -2.43. The minimum absolute atomic E-state index is 0.0298. The molecule has 1 aromatic heterocycles. The van der Waals surface area contributed by atoms with Gasteiger partial charge in [0.1, 0.15) is 5.82 Å². The predicted molar refractivity (Wildman–Crippen MR) is 83.8 cm³/mol. The number of rotatable bonds is 5. The standard InChI is InChI=1S/C15H22ClN3O2/c1-17-14-13(16)9-11(10-18-14)15(21)19(7-8-20)12-5-3-2-4-6-12/h9-10,12,20H,2-8H2,1H3,(H,17,18). The maximum atomic E-state index is 12.7. The first-order valence-corrected chi connectivity index (χ1v) is 7.80. The number of carbonyl (C=O) groups excluding carboxylic acids is 1. The van der Waals surface area contributed by atoms with Crippen LogP contribution in [0.1, 0.15) is 42.5 Å². The van der Waals surface area contributed by atoms with Crippen molar-refractivity contribution in [3.05, 3.63) is 22.8 Å². The fourth-order valence-electron chi connectivity index (χ4n) is 2.86. The van der Waals surface area contributed by atoms with Crippen LogP contribution in [0.25, 0.3) is 0 Å². The first kappa shape index (κ1) is 16.0. The van der Waals surface area contributed by atoms with Gasteiger partial charge in [0.25, 0.3) is 5.91 Å². The number of carbonyl (C=O) groups is 1. The molecule has 0 unspecified atom stereocenters. The lowest BCUT2D eigenvalue weighted by molar-refractivity contribution is 0.0585. The molecule has 1 aliphatic rings. The number of hydrogen-bond donors (Lipinski definition) is 2. The number of anilines is 1. The van der Waals surface area contributed by atoms with E-state index in [9.17, 15) is 9.90 Å². The summed E-state index contributed by atoms with van der Waals surface area (Å²) in [6.07, 6.45) is 7.04.